The second kappa shape index (κ2) is 53.6. The van der Waals surface area contributed by atoms with E-state index < -0.39 is 39.2 Å². The van der Waals surface area contributed by atoms with Crippen molar-refractivity contribution in [2.45, 2.75) is 129 Å². The van der Waals surface area contributed by atoms with Gasteiger partial charge in [0.25, 0.3) is 12.0 Å². The molecule has 752 valence electrons. The maximum atomic E-state index is 11.1. The zero-order chi connectivity index (χ0) is 105. The fourth-order valence-corrected chi connectivity index (χ4v) is 18.5. The third kappa shape index (κ3) is 30.4. The van der Waals surface area contributed by atoms with Crippen molar-refractivity contribution in [3.63, 3.8) is 0 Å². The van der Waals surface area contributed by atoms with Gasteiger partial charge in [0.05, 0.1) is 0 Å². The number of aryl methyl sites for hydroxylation is 1. The number of nitrogens with two attached hydrogens (primary N) is 1. The molecule has 14 aromatic carbocycles. The lowest BCUT2D eigenvalue weighted by atomic mass is 9.86. The summed E-state index contributed by atoms with van der Waals surface area (Å²) in [6.45, 7) is 28.2. The lowest BCUT2D eigenvalue weighted by molar-refractivity contribution is 0.101. The van der Waals surface area contributed by atoms with Crippen LogP contribution in [-0.4, -0.2) is 98.3 Å². The van der Waals surface area contributed by atoms with Crippen LogP contribution in [0.5, 0.6) is 0 Å². The molecule has 2 aliphatic heterocycles. The number of anilines is 6. The molecule has 2 heterocycles. The summed E-state index contributed by atoms with van der Waals surface area (Å²) in [6.07, 6.45) is 3.93. The largest absolute Gasteiger partial charge is 0.449 e. The number of fused-ring (bicyclic) bond motifs is 2. The fraction of sp³-hybridized carbons (Fsp3) is 0.233. The second-order valence-electron chi connectivity index (χ2n) is 34.3. The van der Waals surface area contributed by atoms with Crippen LogP contribution in [0.4, 0.5) is 34.1 Å². The highest BCUT2D eigenvalue weighted by Gasteiger charge is 2.42. The van der Waals surface area contributed by atoms with E-state index in [0.717, 1.165) is 107 Å². The predicted molar refractivity (Wildman–Crippen MR) is 616 cm³/mol. The van der Waals surface area contributed by atoms with Crippen molar-refractivity contribution in [3.8, 4) is 0 Å². The summed E-state index contributed by atoms with van der Waals surface area (Å²) >= 11 is 51.0. The number of halogens is 7. The van der Waals surface area contributed by atoms with E-state index in [4.69, 9.17) is 109 Å². The number of nitrogen functional groups attached to an aromatic ring is 1. The van der Waals surface area contributed by atoms with E-state index in [1.807, 2.05) is 329 Å². The number of thioether (sulfide) groups is 2. The summed E-state index contributed by atoms with van der Waals surface area (Å²) in [5.74, 6) is 0. The predicted octanol–water partition coefficient (Wildman–Crippen LogP) is 29.3. The quantitative estimate of drug-likeness (QED) is 0.0146. The minimum absolute atomic E-state index is 0.509. The van der Waals surface area contributed by atoms with Crippen molar-refractivity contribution in [2.24, 2.45) is 20.0 Å². The van der Waals surface area contributed by atoms with E-state index in [9.17, 15) is 25.5 Å². The van der Waals surface area contributed by atoms with E-state index in [2.05, 4.69) is 76.1 Å². The van der Waals surface area contributed by atoms with Crippen molar-refractivity contribution in [2.75, 3.05) is 77.6 Å². The first-order chi connectivity index (χ1) is 68.7. The van der Waals surface area contributed by atoms with Crippen molar-refractivity contribution in [1.29, 1.82) is 0 Å². The highest BCUT2D eigenvalue weighted by molar-refractivity contribution is 8.13. The molecule has 0 fully saturated rings. The van der Waals surface area contributed by atoms with Crippen molar-refractivity contribution in [1.82, 2.24) is 5.32 Å². The van der Waals surface area contributed by atoms with Gasteiger partial charge in [-0.2, -0.15) is 0 Å². The Bertz CT molecular complexity index is 6350. The maximum Gasteiger partial charge on any atom is 0.290 e. The van der Waals surface area contributed by atoms with Gasteiger partial charge in [-0.05, 0) is 286 Å². The zero-order valence-electron chi connectivity index (χ0n) is 83.2. The lowest BCUT2D eigenvalue weighted by Gasteiger charge is -2.38. The normalized spacial score (nSPS) is 16.5. The molecule has 0 spiro atoms. The average molecular weight is 2130 g/mol. The minimum atomic E-state index is -1.18. The Balaban J connectivity index is 0.000000173. The minimum Gasteiger partial charge on any atom is -0.449 e. The van der Waals surface area contributed by atoms with Gasteiger partial charge in [0.1, 0.15) is 28.0 Å². The number of ether oxygens (including phenoxy) is 2. The molecule has 5 unspecified atom stereocenters. The summed E-state index contributed by atoms with van der Waals surface area (Å²) in [6, 6.07) is 107. The lowest BCUT2D eigenvalue weighted by Crippen LogP contribution is -2.39. The smallest absolute Gasteiger partial charge is 0.290 e. The van der Waals surface area contributed by atoms with Crippen LogP contribution in [0.2, 0.25) is 35.2 Å². The van der Waals surface area contributed by atoms with Gasteiger partial charge in [-0.15, -0.1) is 0 Å². The Morgan fingerprint density at radius 3 is 0.924 bits per heavy atom. The highest BCUT2D eigenvalue weighted by Crippen LogP contribution is 2.47. The second-order valence-corrected chi connectivity index (χ2v) is 39.4. The van der Waals surface area contributed by atoms with Crippen LogP contribution in [0.1, 0.15) is 167 Å². The monoisotopic (exact) mass is 2120 g/mol. The first kappa shape index (κ1) is 115. The van der Waals surface area contributed by atoms with E-state index >= 15 is 0 Å². The standard InChI is InChI=1S/2C18H21ClN2OS.C17H19ClN2OS.2C17H17ClN2O.C15H15ClO.C14H14ClNO/c2*1-4-20-17(23-3)21-16-11-10-14(19)12-15(16)18(2,22)13-8-6-5-7-9-13;1-3-19-16(22)20-15-10-9-13(18)11-14(15)17(2,21)12-7-5-4-6-8-12;2*1-3-19-16-20-15-10-9-13(18)11-14(15)17(2,21-16)12-7-5-4-6-8-12;1-11-8-9-13(16)10-14(11)15(2,17)12-6-4-3-5-7-12;1-14(17,10-5-3-2-4-6-10)12-9-11(15)7-8-13(12)16/h2*5-12,22H,4H2,1-3H3,(H,20,21);4-11,21H,3H2,1-2H3,(H2,19,20,22);2*4-11H,3H2,1-2H3,(H,19,20);3-10,17H,1-2H3;2-9,17H,16H2,1H3/t18-;;;17-;;;/m0..1.../s1. The third-order valence-electron chi connectivity index (χ3n) is 23.8. The van der Waals surface area contributed by atoms with Crippen LogP contribution in [0.25, 0.3) is 0 Å². The Labute approximate surface area is 896 Å². The number of thiocarbonyl (C=S) groups is 1. The number of benzene rings is 14. The summed E-state index contributed by atoms with van der Waals surface area (Å²) in [4.78, 5) is 17.6. The fourth-order valence-electron chi connectivity index (χ4n) is 16.1. The van der Waals surface area contributed by atoms with Gasteiger partial charge < -0.3 is 72.6 Å². The van der Waals surface area contributed by atoms with Gasteiger partial charge in [-0.1, -0.05) is 323 Å². The van der Waals surface area contributed by atoms with Gasteiger partial charge in [0, 0.05) is 135 Å². The van der Waals surface area contributed by atoms with Gasteiger partial charge in [-0.3, -0.25) is 9.98 Å². The van der Waals surface area contributed by atoms with Crippen molar-refractivity contribution >= 4 is 179 Å². The molecule has 16 rings (SSSR count). The van der Waals surface area contributed by atoms with E-state index in [1.54, 1.807) is 89.2 Å². The van der Waals surface area contributed by atoms with Crippen molar-refractivity contribution in [3.05, 3.63) is 458 Å². The first-order valence-electron chi connectivity index (χ1n) is 46.8. The molecule has 28 heteroatoms. The van der Waals surface area contributed by atoms with Crippen LogP contribution in [0, 0.1) is 6.92 Å². The molecule has 14 aromatic rings. The van der Waals surface area contributed by atoms with E-state index in [-0.39, 0.29) is 0 Å². The number of amidine groups is 4. The summed E-state index contributed by atoms with van der Waals surface area (Å²) < 4.78 is 12.3. The molecule has 0 aromatic heterocycles. The van der Waals surface area contributed by atoms with Crippen LogP contribution in [0.15, 0.2) is 360 Å². The van der Waals surface area contributed by atoms with Crippen LogP contribution >= 0.6 is 117 Å². The molecular formula is C116H124Cl7N11O7S3. The number of hydrogen-bond donors (Lipinski definition) is 12. The van der Waals surface area contributed by atoms with Crippen LogP contribution in [-0.2, 0) is 48.7 Å². The van der Waals surface area contributed by atoms with Gasteiger partial charge in [0.15, 0.2) is 26.6 Å². The number of rotatable bonds is 20. The molecule has 0 saturated carbocycles. The maximum absolute atomic E-state index is 11.1. The molecule has 0 bridgehead atoms. The van der Waals surface area contributed by atoms with Gasteiger partial charge >= 0.3 is 0 Å². The molecule has 13 N–H and O–H groups in total. The first-order valence-corrected chi connectivity index (χ1v) is 52.3. The Morgan fingerprint density at radius 1 is 0.354 bits per heavy atom. The summed E-state index contributed by atoms with van der Waals surface area (Å²) in [7, 11) is 0. The molecular weight excluding hydrogens is 2000 g/mol. The molecule has 18 nitrogen and oxygen atoms in total. The molecule has 7 atom stereocenters. The molecule has 0 radical (unpaired) electrons. The van der Waals surface area contributed by atoms with E-state index in [0.29, 0.717) is 106 Å². The van der Waals surface area contributed by atoms with Crippen LogP contribution < -0.4 is 37.6 Å². The van der Waals surface area contributed by atoms with Gasteiger partial charge in [-0.25, -0.2) is 9.98 Å². The van der Waals surface area contributed by atoms with Crippen LogP contribution in [0.3, 0.4) is 0 Å². The molecule has 0 saturated heterocycles. The Morgan fingerprint density at radius 2 is 0.618 bits per heavy atom. The summed E-state index contributed by atoms with van der Waals surface area (Å²) in [5.41, 5.74) is 16.6. The number of nitrogens with one attached hydrogen (secondary N) is 6. The zero-order valence-corrected chi connectivity index (χ0v) is 90.9. The topological polar surface area (TPSA) is 267 Å². The Hall–Kier alpha value is -11.4. The SMILES string of the molecule is CC(O)(c1ccccc1)c1cc(Cl)ccc1N.CCN=C(Nc1ccc(Cl)cc1C(C)(O)c1ccccc1)SC.CCN=C(Nc1ccc(Cl)cc1[C@@](C)(O)c1ccccc1)SC.CCN=C1Nc2ccc(Cl)cc2C(C)(c2ccccc2)O1.CCN=C1Nc2ccc(Cl)cc2[C@@](C)(c2ccccc2)O1.CCNC(=S)Nc1ccc(Cl)cc1C(C)(O)c1ccccc1.Cc1ccc(Cl)cc1C(C)(O)c1ccccc1. The molecule has 144 heavy (non-hydrogen) atoms. The average Bonchev–Trinajstić information content (AvgIpc) is 0.750. The molecule has 0 aliphatic carbocycles. The van der Waals surface area contributed by atoms with E-state index in [1.165, 1.54) is 23.5 Å². The number of aliphatic imine (C=N–C) groups is 4. The molecule has 2 aliphatic rings. The highest BCUT2D eigenvalue weighted by atomic mass is 35.5. The summed E-state index contributed by atoms with van der Waals surface area (Å²) in [5, 5.41) is 80.2. The molecule has 0 amide bonds. The third-order valence-corrected chi connectivity index (χ3v) is 27.0. The number of aliphatic hydroxyl groups is 5. The van der Waals surface area contributed by atoms with Gasteiger partial charge in [0.2, 0.25) is 0 Å². The Kier molecular flexibility index (Phi) is 42.6. The number of hydrogen-bond acceptors (Lipinski definition) is 15. The van der Waals surface area contributed by atoms with Crippen molar-refractivity contribution < 1.29 is 35.0 Å². The number of nitrogens with zero attached hydrogens (tertiary/aromatic N) is 4.